The molecule has 2 atom stereocenters. The fourth-order valence-electron chi connectivity index (χ4n) is 7.23. The van der Waals surface area contributed by atoms with Crippen LogP contribution in [0.4, 0.5) is 31.7 Å². The van der Waals surface area contributed by atoms with Crippen LogP contribution in [0, 0.1) is 23.0 Å². The second kappa shape index (κ2) is 12.6. The van der Waals surface area contributed by atoms with E-state index in [9.17, 15) is 33.1 Å². The highest BCUT2D eigenvalue weighted by atomic mass is 35.5. The number of fused-ring (bicyclic) bond motifs is 2. The summed E-state index contributed by atoms with van der Waals surface area (Å²) in [6, 6.07) is 3.99. The van der Waals surface area contributed by atoms with Gasteiger partial charge in [-0.3, -0.25) is 24.9 Å². The lowest BCUT2D eigenvalue weighted by molar-refractivity contribution is -0.126. The van der Waals surface area contributed by atoms with Gasteiger partial charge in [0.25, 0.3) is 6.43 Å². The Morgan fingerprint density at radius 1 is 1.34 bits per heavy atom. The summed E-state index contributed by atoms with van der Waals surface area (Å²) in [5.74, 6) is -3.89. The van der Waals surface area contributed by atoms with Gasteiger partial charge in [-0.05, 0) is 31.0 Å². The van der Waals surface area contributed by atoms with E-state index in [-0.39, 0.29) is 67.2 Å². The van der Waals surface area contributed by atoms with Crippen LogP contribution in [0.5, 0.6) is 5.75 Å². The van der Waals surface area contributed by atoms with Gasteiger partial charge in [-0.1, -0.05) is 17.7 Å². The highest BCUT2D eigenvalue weighted by molar-refractivity contribution is 7.23. The highest BCUT2D eigenvalue weighted by Crippen LogP contribution is 2.46. The Kier molecular flexibility index (Phi) is 8.51. The maximum absolute atomic E-state index is 17.2. The number of nitrogens with one attached hydrogen (secondary N) is 1. The minimum Gasteiger partial charge on any atom is -0.465 e. The molecule has 2 fully saturated rings. The summed E-state index contributed by atoms with van der Waals surface area (Å²) in [4.78, 5) is 32.7. The minimum atomic E-state index is -2.95. The first-order valence-corrected chi connectivity index (χ1v) is 16.5. The van der Waals surface area contributed by atoms with Gasteiger partial charge in [-0.15, -0.1) is 11.3 Å². The largest absolute Gasteiger partial charge is 0.465 e. The molecule has 50 heavy (non-hydrogen) atoms. The van der Waals surface area contributed by atoms with Crippen LogP contribution in [0.3, 0.4) is 0 Å². The van der Waals surface area contributed by atoms with Gasteiger partial charge < -0.3 is 19.5 Å². The monoisotopic (exact) mass is 736 g/mol. The molecule has 2 N–H and O–H groups in total. The number of rotatable bonds is 7. The number of hydrogen-bond acceptors (Lipinski definition) is 9. The molecule has 262 valence electrons. The minimum absolute atomic E-state index is 0.111. The molecule has 0 saturated carbocycles. The molecule has 3 aromatic rings. The molecule has 5 heterocycles. The molecule has 4 aliphatic heterocycles. The standard InChI is InChI=1S/C32H26ClF5N6O5S/c1-14(45)44-13-40-26-23-27(25(38)22(24(26)33)16-3-4-18(35)28-21(16)17(8-39)29(50-28)41-31(46)47)49-20(11-42(30(23)44)10-19(36)37)48-12-32-5-2-6-43(32)9-15(34)7-32/h3-4,11,15,19,41H,2,5-7,9-10,12-13H2,1H3,(H,46,47)/t15-,32+/m1/s1. The molecular weight excluding hydrogens is 711 g/mol. The first-order valence-electron chi connectivity index (χ1n) is 15.3. The average Bonchev–Trinajstić information content (AvgIpc) is 3.67. The number of carboxylic acid groups (broad SMARTS) is 1. The molecule has 2 aromatic carbocycles. The maximum Gasteiger partial charge on any atom is 0.409 e. The molecule has 0 radical (unpaired) electrons. The molecule has 4 aliphatic rings. The number of anilines is 1. The quantitative estimate of drug-likeness (QED) is 0.312. The summed E-state index contributed by atoms with van der Waals surface area (Å²) in [5, 5.41) is 20.3. The molecule has 11 nitrogen and oxygen atoms in total. The topological polar surface area (TPSA) is 131 Å². The molecule has 2 amide bonds. The van der Waals surface area contributed by atoms with E-state index in [1.54, 1.807) is 0 Å². The van der Waals surface area contributed by atoms with Crippen LogP contribution in [0.2, 0.25) is 5.02 Å². The van der Waals surface area contributed by atoms with Crippen molar-refractivity contribution in [1.82, 2.24) is 14.7 Å². The van der Waals surface area contributed by atoms with Gasteiger partial charge in [0.15, 0.2) is 11.6 Å². The van der Waals surface area contributed by atoms with Crippen molar-refractivity contribution in [3.8, 4) is 22.9 Å². The van der Waals surface area contributed by atoms with Gasteiger partial charge in [0.1, 0.15) is 42.2 Å². The number of alkyl halides is 3. The van der Waals surface area contributed by atoms with Crippen LogP contribution >= 0.6 is 22.9 Å². The molecule has 0 aliphatic carbocycles. The third-order valence-electron chi connectivity index (χ3n) is 9.25. The first-order chi connectivity index (χ1) is 23.8. The number of carbonyl (C=O) groups is 2. The summed E-state index contributed by atoms with van der Waals surface area (Å²) in [6.07, 6.45) is -2.94. The zero-order valence-corrected chi connectivity index (χ0v) is 27.6. The molecule has 0 spiro atoms. The van der Waals surface area contributed by atoms with Crippen molar-refractivity contribution in [2.45, 2.75) is 44.3 Å². The van der Waals surface area contributed by atoms with E-state index >= 15 is 8.78 Å². The lowest BCUT2D eigenvalue weighted by Gasteiger charge is -2.32. The van der Waals surface area contributed by atoms with Crippen molar-refractivity contribution in [1.29, 1.82) is 5.26 Å². The summed E-state index contributed by atoms with van der Waals surface area (Å²) in [5.41, 5.74) is -1.54. The smallest absolute Gasteiger partial charge is 0.409 e. The number of thiophene rings is 1. The maximum atomic E-state index is 17.2. The number of hydrogen-bond donors (Lipinski definition) is 2. The molecule has 2 saturated heterocycles. The van der Waals surface area contributed by atoms with Crippen molar-refractivity contribution in [2.75, 3.05) is 38.2 Å². The van der Waals surface area contributed by atoms with E-state index < -0.39 is 72.2 Å². The third-order valence-corrected chi connectivity index (χ3v) is 10.7. The van der Waals surface area contributed by atoms with Gasteiger partial charge in [0.05, 0.1) is 44.1 Å². The lowest BCUT2D eigenvalue weighted by Crippen LogP contribution is -2.48. The van der Waals surface area contributed by atoms with Crippen LogP contribution in [0.1, 0.15) is 31.7 Å². The van der Waals surface area contributed by atoms with Crippen LogP contribution < -0.4 is 20.6 Å². The van der Waals surface area contributed by atoms with E-state index in [0.29, 0.717) is 24.3 Å². The van der Waals surface area contributed by atoms with E-state index in [4.69, 9.17) is 21.1 Å². The second-order valence-corrected chi connectivity index (χ2v) is 13.6. The Hall–Kier alpha value is -4.66. The van der Waals surface area contributed by atoms with Gasteiger partial charge in [-0.2, -0.15) is 5.26 Å². The molecule has 0 bridgehead atoms. The number of benzene rings is 2. The van der Waals surface area contributed by atoms with E-state index in [1.807, 2.05) is 11.0 Å². The first kappa shape index (κ1) is 33.8. The van der Waals surface area contributed by atoms with E-state index in [1.165, 1.54) is 6.92 Å². The summed E-state index contributed by atoms with van der Waals surface area (Å²) in [6.45, 7) is 0.527. The molecule has 18 heteroatoms. The van der Waals surface area contributed by atoms with Gasteiger partial charge >= 0.3 is 12.0 Å². The van der Waals surface area contributed by atoms with Crippen molar-refractivity contribution >= 4 is 55.8 Å². The average molecular weight is 737 g/mol. The van der Waals surface area contributed by atoms with Crippen molar-refractivity contribution in [2.24, 2.45) is 4.99 Å². The Labute approximate surface area is 289 Å². The predicted molar refractivity (Wildman–Crippen MR) is 171 cm³/mol. The van der Waals surface area contributed by atoms with Crippen molar-refractivity contribution in [3.05, 3.63) is 57.1 Å². The Bertz CT molecular complexity index is 2180. The summed E-state index contributed by atoms with van der Waals surface area (Å²) in [7, 11) is 0. The lowest BCUT2D eigenvalue weighted by atomic mass is 9.95. The van der Waals surface area contributed by atoms with Crippen LogP contribution in [-0.2, 0) is 9.53 Å². The zero-order chi connectivity index (χ0) is 35.6. The normalized spacial score (nSPS) is 21.3. The Morgan fingerprint density at radius 2 is 2.12 bits per heavy atom. The van der Waals surface area contributed by atoms with Crippen LogP contribution in [0.15, 0.2) is 29.3 Å². The number of nitriles is 1. The number of halogens is 6. The van der Waals surface area contributed by atoms with Crippen molar-refractivity contribution in [3.63, 3.8) is 0 Å². The molecule has 7 rings (SSSR count). The van der Waals surface area contributed by atoms with Crippen LogP contribution in [-0.4, -0.2) is 82.9 Å². The fraction of sp³-hybridized carbons (Fsp3) is 0.375. The Morgan fingerprint density at radius 3 is 2.82 bits per heavy atom. The SMILES string of the molecule is CC(=O)N1CN=c2c(Cl)c(-c3ccc(F)c4sc(NC(=O)O)c(C#N)c34)c(F)c3c2=C1N(CC(F)F)C=C(OC[C@@]12CCCN1C[C@H](F)C2)O3. The number of carbonyl (C=O) groups excluding carboxylic acids is 1. The number of ether oxygens (including phenoxy) is 2. The van der Waals surface area contributed by atoms with Gasteiger partial charge in [0.2, 0.25) is 5.91 Å². The van der Waals surface area contributed by atoms with E-state index in [2.05, 4.69) is 10.3 Å². The molecule has 1 aromatic heterocycles. The highest BCUT2D eigenvalue weighted by Gasteiger charge is 2.49. The van der Waals surface area contributed by atoms with Gasteiger partial charge in [0, 0.05) is 30.8 Å². The zero-order valence-electron chi connectivity index (χ0n) is 26.0. The molecular formula is C32H26ClF5N6O5S. The number of amides is 2. The van der Waals surface area contributed by atoms with Gasteiger partial charge in [-0.25, -0.2) is 26.7 Å². The third kappa shape index (κ3) is 5.46. The molecule has 0 unspecified atom stereocenters. The summed E-state index contributed by atoms with van der Waals surface area (Å²) >= 11 is 7.48. The van der Waals surface area contributed by atoms with Crippen molar-refractivity contribution < 1.29 is 46.1 Å². The fourth-order valence-corrected chi connectivity index (χ4v) is 8.64. The second-order valence-electron chi connectivity index (χ2n) is 12.2. The predicted octanol–water partition coefficient (Wildman–Crippen LogP) is 5.32. The number of nitrogens with zero attached hydrogens (tertiary/aromatic N) is 5. The summed E-state index contributed by atoms with van der Waals surface area (Å²) < 4.78 is 87.0. The Balaban J connectivity index is 1.47. The van der Waals surface area contributed by atoms with E-state index in [0.717, 1.165) is 34.6 Å². The van der Waals surface area contributed by atoms with Crippen LogP contribution in [0.25, 0.3) is 27.0 Å².